The molecule has 10 heteroatoms. The molecule has 2 rings (SSSR count). The Morgan fingerprint density at radius 1 is 1.16 bits per heavy atom. The topological polar surface area (TPSA) is 171 Å². The van der Waals surface area contributed by atoms with E-state index < -0.39 is 32.6 Å². The van der Waals surface area contributed by atoms with Gasteiger partial charge in [-0.15, -0.1) is 6.58 Å². The van der Waals surface area contributed by atoms with Crippen LogP contribution in [0.2, 0.25) is 0 Å². The van der Waals surface area contributed by atoms with E-state index >= 15 is 0 Å². The van der Waals surface area contributed by atoms with E-state index in [2.05, 4.69) is 11.9 Å². The van der Waals surface area contributed by atoms with E-state index in [9.17, 15) is 25.3 Å². The Balaban J connectivity index is 2.80. The molecule has 1 aliphatic rings. The largest absolute Gasteiger partial charge is 0.372 e. The van der Waals surface area contributed by atoms with E-state index in [1.54, 1.807) is 30.3 Å². The predicted octanol–water partition coefficient (Wildman–Crippen LogP) is -0.0735. The average molecular weight is 347 g/mol. The highest BCUT2D eigenvalue weighted by Crippen LogP contribution is 2.39. The number of aliphatic hydroxyl groups is 1. The van der Waals surface area contributed by atoms with E-state index in [0.29, 0.717) is 5.56 Å². The number of benzene rings is 1. The molecule has 1 atom stereocenters. The smallest absolute Gasteiger partial charge is 0.363 e. The standard InChI is InChI=1S/C15H17N5O5/c1-2-8-18-14(21)9-11(10-6-4-3-5-7-10)15(16,17)13(20(24)25)12(14)19(22)23/h2-7,9,18,21H,1,8,16-17H2. The Labute approximate surface area is 142 Å². The lowest BCUT2D eigenvalue weighted by Crippen LogP contribution is -2.62. The first-order valence-corrected chi connectivity index (χ1v) is 7.14. The van der Waals surface area contributed by atoms with Crippen molar-refractivity contribution in [3.05, 3.63) is 86.2 Å². The van der Waals surface area contributed by atoms with Crippen molar-refractivity contribution in [2.45, 2.75) is 11.4 Å². The average Bonchev–Trinajstić information content (AvgIpc) is 2.54. The van der Waals surface area contributed by atoms with E-state index in [0.717, 1.165) is 6.08 Å². The summed E-state index contributed by atoms with van der Waals surface area (Å²) < 4.78 is 0. The lowest BCUT2D eigenvalue weighted by molar-refractivity contribution is -0.488. The molecule has 1 aliphatic carbocycles. The molecule has 6 N–H and O–H groups in total. The van der Waals surface area contributed by atoms with Crippen LogP contribution in [0.25, 0.3) is 5.57 Å². The van der Waals surface area contributed by atoms with Crippen LogP contribution >= 0.6 is 0 Å². The minimum atomic E-state index is -2.45. The molecule has 0 fully saturated rings. The maximum absolute atomic E-state index is 11.5. The van der Waals surface area contributed by atoms with Gasteiger partial charge in [0.1, 0.15) is 0 Å². The zero-order chi connectivity index (χ0) is 18.8. The fourth-order valence-corrected chi connectivity index (χ4v) is 2.67. The van der Waals surface area contributed by atoms with Crippen molar-refractivity contribution < 1.29 is 15.0 Å². The maximum atomic E-state index is 11.5. The molecule has 0 saturated heterocycles. The van der Waals surface area contributed by atoms with Crippen LogP contribution in [0.4, 0.5) is 0 Å². The van der Waals surface area contributed by atoms with Gasteiger partial charge in [0.15, 0.2) is 5.66 Å². The number of nitrogens with two attached hydrogens (primary N) is 2. The number of hydrogen-bond acceptors (Lipinski definition) is 8. The van der Waals surface area contributed by atoms with Gasteiger partial charge in [-0.05, 0) is 11.6 Å². The Morgan fingerprint density at radius 2 is 1.72 bits per heavy atom. The third kappa shape index (κ3) is 3.19. The number of hydrogen-bond donors (Lipinski definition) is 4. The van der Waals surface area contributed by atoms with Crippen LogP contribution in [0.1, 0.15) is 5.56 Å². The Kier molecular flexibility index (Phi) is 4.81. The van der Waals surface area contributed by atoms with E-state index in [-0.39, 0.29) is 12.1 Å². The summed E-state index contributed by atoms with van der Waals surface area (Å²) in [5.41, 5.74) is 5.24. The predicted molar refractivity (Wildman–Crippen MR) is 89.7 cm³/mol. The van der Waals surface area contributed by atoms with Gasteiger partial charge in [0.25, 0.3) is 0 Å². The highest BCUT2D eigenvalue weighted by molar-refractivity contribution is 5.78. The monoisotopic (exact) mass is 347 g/mol. The molecule has 1 aromatic rings. The lowest BCUT2D eigenvalue weighted by Gasteiger charge is -2.34. The summed E-state index contributed by atoms with van der Waals surface area (Å²) in [5, 5.41) is 36.2. The summed E-state index contributed by atoms with van der Waals surface area (Å²) in [5.74, 6) is 0. The van der Waals surface area contributed by atoms with E-state index in [1.807, 2.05) is 0 Å². The van der Waals surface area contributed by atoms with Crippen LogP contribution in [-0.2, 0) is 0 Å². The second kappa shape index (κ2) is 6.53. The second-order valence-corrected chi connectivity index (χ2v) is 5.44. The van der Waals surface area contributed by atoms with Crippen molar-refractivity contribution >= 4 is 5.57 Å². The van der Waals surface area contributed by atoms with Crippen molar-refractivity contribution in [1.29, 1.82) is 0 Å². The summed E-state index contributed by atoms with van der Waals surface area (Å²) in [4.78, 5) is 20.9. The lowest BCUT2D eigenvalue weighted by atomic mass is 9.81. The molecule has 132 valence electrons. The van der Waals surface area contributed by atoms with Gasteiger partial charge in [0.05, 0.1) is 9.85 Å². The van der Waals surface area contributed by atoms with Gasteiger partial charge in [0.2, 0.25) is 5.72 Å². The molecule has 0 radical (unpaired) electrons. The molecule has 0 amide bonds. The maximum Gasteiger partial charge on any atom is 0.372 e. The van der Waals surface area contributed by atoms with E-state index in [1.165, 1.54) is 6.08 Å². The minimum absolute atomic E-state index is 0.0236. The van der Waals surface area contributed by atoms with Gasteiger partial charge < -0.3 is 16.6 Å². The summed E-state index contributed by atoms with van der Waals surface area (Å²) in [6, 6.07) is 8.13. The first-order chi connectivity index (χ1) is 11.6. The molecular weight excluding hydrogens is 330 g/mol. The summed E-state index contributed by atoms with van der Waals surface area (Å²) in [7, 11) is 0. The fourth-order valence-electron chi connectivity index (χ4n) is 2.67. The summed E-state index contributed by atoms with van der Waals surface area (Å²) in [6.07, 6.45) is 2.36. The van der Waals surface area contributed by atoms with Crippen LogP contribution in [-0.4, -0.2) is 32.9 Å². The number of rotatable bonds is 6. The minimum Gasteiger partial charge on any atom is -0.363 e. The van der Waals surface area contributed by atoms with Crippen molar-refractivity contribution in [1.82, 2.24) is 5.32 Å². The molecule has 1 unspecified atom stereocenters. The van der Waals surface area contributed by atoms with Crippen LogP contribution < -0.4 is 16.8 Å². The summed E-state index contributed by atoms with van der Waals surface area (Å²) >= 11 is 0. The molecule has 1 aromatic carbocycles. The summed E-state index contributed by atoms with van der Waals surface area (Å²) in [6.45, 7) is 3.39. The number of nitrogens with zero attached hydrogens (tertiary/aromatic N) is 2. The Hall–Kier alpha value is -2.92. The van der Waals surface area contributed by atoms with Crippen molar-refractivity contribution in [3.8, 4) is 0 Å². The third-order valence-corrected chi connectivity index (χ3v) is 3.74. The van der Waals surface area contributed by atoms with Crippen LogP contribution in [0.5, 0.6) is 0 Å². The van der Waals surface area contributed by atoms with Gasteiger partial charge in [-0.3, -0.25) is 25.5 Å². The van der Waals surface area contributed by atoms with Crippen LogP contribution in [0, 0.1) is 20.2 Å². The zero-order valence-electron chi connectivity index (χ0n) is 13.1. The van der Waals surface area contributed by atoms with Crippen molar-refractivity contribution in [2.24, 2.45) is 11.5 Å². The molecule has 0 aliphatic heterocycles. The highest BCUT2D eigenvalue weighted by Gasteiger charge is 2.58. The second-order valence-electron chi connectivity index (χ2n) is 5.44. The van der Waals surface area contributed by atoms with Crippen LogP contribution in [0.15, 0.2) is 60.5 Å². The normalized spacial score (nSPS) is 22.3. The molecule has 10 nitrogen and oxygen atoms in total. The van der Waals surface area contributed by atoms with Gasteiger partial charge >= 0.3 is 11.4 Å². The van der Waals surface area contributed by atoms with E-state index in [4.69, 9.17) is 11.5 Å². The zero-order valence-corrected chi connectivity index (χ0v) is 13.1. The molecule has 0 heterocycles. The molecule has 0 spiro atoms. The molecule has 0 aromatic heterocycles. The van der Waals surface area contributed by atoms with Crippen LogP contribution in [0.3, 0.4) is 0 Å². The van der Waals surface area contributed by atoms with Gasteiger partial charge in [-0.1, -0.05) is 36.4 Å². The number of nitrogens with one attached hydrogen (secondary N) is 1. The molecule has 0 saturated carbocycles. The fraction of sp³-hybridized carbons (Fsp3) is 0.200. The van der Waals surface area contributed by atoms with Gasteiger partial charge in [0, 0.05) is 12.1 Å². The molecule has 25 heavy (non-hydrogen) atoms. The first kappa shape index (κ1) is 18.4. The first-order valence-electron chi connectivity index (χ1n) is 7.14. The van der Waals surface area contributed by atoms with Gasteiger partial charge in [-0.2, -0.15) is 0 Å². The van der Waals surface area contributed by atoms with Crippen molar-refractivity contribution in [3.63, 3.8) is 0 Å². The quantitative estimate of drug-likeness (QED) is 0.239. The molecule has 0 bridgehead atoms. The third-order valence-electron chi connectivity index (χ3n) is 3.74. The van der Waals surface area contributed by atoms with Gasteiger partial charge in [-0.25, -0.2) is 0 Å². The van der Waals surface area contributed by atoms with Crippen molar-refractivity contribution in [2.75, 3.05) is 6.54 Å². The SMILES string of the molecule is C=CCNC1(O)C=C(c2ccccc2)C(N)(N)C([N+](=O)[O-])=C1[N+](=O)[O-]. The number of nitro groups is 2. The highest BCUT2D eigenvalue weighted by atomic mass is 16.6. The Morgan fingerprint density at radius 3 is 2.20 bits per heavy atom. The Bertz CT molecular complexity index is 787. The molecular formula is C15H17N5O5.